The highest BCUT2D eigenvalue weighted by Gasteiger charge is 2.32. The number of ether oxygens (including phenoxy) is 1. The van der Waals surface area contributed by atoms with E-state index in [1.54, 1.807) is 6.07 Å². The molecule has 7 nitrogen and oxygen atoms in total. The van der Waals surface area contributed by atoms with Gasteiger partial charge in [-0.25, -0.2) is 13.6 Å². The van der Waals surface area contributed by atoms with Crippen LogP contribution >= 0.6 is 0 Å². The fourth-order valence-electron chi connectivity index (χ4n) is 2.02. The van der Waals surface area contributed by atoms with Crippen molar-refractivity contribution in [3.8, 4) is 5.75 Å². The van der Waals surface area contributed by atoms with Gasteiger partial charge < -0.3 is 14.9 Å². The number of carboxylic acid groups (broad SMARTS) is 1. The second-order valence-electron chi connectivity index (χ2n) is 5.03. The molecule has 0 saturated heterocycles. The Labute approximate surface area is 154 Å². The lowest BCUT2D eigenvalue weighted by Crippen LogP contribution is -2.17. The van der Waals surface area contributed by atoms with E-state index in [0.29, 0.717) is 0 Å². The molecule has 0 radical (unpaired) electrons. The van der Waals surface area contributed by atoms with Gasteiger partial charge in [-0.3, -0.25) is 4.79 Å². The number of hydrogen-bond acceptors (Lipinski definition) is 6. The van der Waals surface area contributed by atoms with Gasteiger partial charge in [0.05, 0.1) is 18.4 Å². The van der Waals surface area contributed by atoms with E-state index in [2.05, 4.69) is 15.0 Å². The average Bonchev–Trinajstić information content (AvgIpc) is 2.68. The standard InChI is InChI=1S/C17H10F4N2O5/c1-28-16-11(20)9(18)8(10(19)12(16)21)14(24)13(15(25)17(26)27)23-22-7-5-3-2-4-6-7/h2-6,24H,1H3,(H,26,27)/b14-13-,23-22?. The number of methoxy groups -OCH3 is 1. The number of aliphatic hydroxyl groups excluding tert-OH is 1. The van der Waals surface area contributed by atoms with Gasteiger partial charge in [-0.05, 0) is 12.1 Å². The van der Waals surface area contributed by atoms with Gasteiger partial charge in [-0.2, -0.15) is 13.9 Å². The molecule has 0 unspecified atom stereocenters. The van der Waals surface area contributed by atoms with Gasteiger partial charge in [0.1, 0.15) is 0 Å². The Balaban J connectivity index is 2.75. The van der Waals surface area contributed by atoms with E-state index < -0.39 is 57.8 Å². The second kappa shape index (κ2) is 8.29. The van der Waals surface area contributed by atoms with Crippen molar-refractivity contribution in [2.75, 3.05) is 7.11 Å². The number of hydrogen-bond donors (Lipinski definition) is 2. The lowest BCUT2D eigenvalue weighted by molar-refractivity contribution is -0.147. The molecule has 0 aliphatic rings. The van der Waals surface area contributed by atoms with Crippen molar-refractivity contribution in [1.82, 2.24) is 0 Å². The van der Waals surface area contributed by atoms with E-state index in [-0.39, 0.29) is 5.69 Å². The number of benzene rings is 2. The highest BCUT2D eigenvalue weighted by Crippen LogP contribution is 2.34. The third kappa shape index (κ3) is 3.82. The molecule has 0 aromatic heterocycles. The molecule has 2 rings (SSSR count). The molecule has 0 aliphatic heterocycles. The van der Waals surface area contributed by atoms with Gasteiger partial charge >= 0.3 is 5.97 Å². The first kappa shape index (κ1) is 20.6. The largest absolute Gasteiger partial charge is 0.505 e. The Kier molecular flexibility index (Phi) is 6.08. The minimum absolute atomic E-state index is 0.0824. The van der Waals surface area contributed by atoms with E-state index in [9.17, 15) is 32.3 Å². The highest BCUT2D eigenvalue weighted by atomic mass is 19.2. The summed E-state index contributed by atoms with van der Waals surface area (Å²) < 4.78 is 60.2. The summed E-state index contributed by atoms with van der Waals surface area (Å²) >= 11 is 0. The molecule has 28 heavy (non-hydrogen) atoms. The Hall–Kier alpha value is -3.76. The first-order valence-electron chi connectivity index (χ1n) is 7.28. The molecule has 0 atom stereocenters. The van der Waals surface area contributed by atoms with E-state index in [1.165, 1.54) is 24.3 Å². The van der Waals surface area contributed by atoms with Crippen LogP contribution in [0.5, 0.6) is 5.75 Å². The average molecular weight is 398 g/mol. The van der Waals surface area contributed by atoms with Crippen molar-refractivity contribution in [1.29, 1.82) is 0 Å². The van der Waals surface area contributed by atoms with Gasteiger partial charge in [-0.15, -0.1) is 5.11 Å². The summed E-state index contributed by atoms with van der Waals surface area (Å²) in [6.07, 6.45) is 0. The van der Waals surface area contributed by atoms with Crippen molar-refractivity contribution in [2.24, 2.45) is 10.2 Å². The lowest BCUT2D eigenvalue weighted by atomic mass is 10.1. The third-order valence-corrected chi connectivity index (χ3v) is 3.32. The smallest absolute Gasteiger partial charge is 0.379 e. The minimum Gasteiger partial charge on any atom is -0.505 e. The van der Waals surface area contributed by atoms with Crippen molar-refractivity contribution in [2.45, 2.75) is 0 Å². The molecule has 0 amide bonds. The maximum Gasteiger partial charge on any atom is 0.379 e. The number of nitrogens with zero attached hydrogens (tertiary/aromatic N) is 2. The van der Waals surface area contributed by atoms with E-state index in [1.807, 2.05) is 0 Å². The summed E-state index contributed by atoms with van der Waals surface area (Å²) in [6, 6.07) is 7.35. The first-order valence-corrected chi connectivity index (χ1v) is 7.28. The molecule has 146 valence electrons. The van der Waals surface area contributed by atoms with Crippen LogP contribution in [0.3, 0.4) is 0 Å². The molecule has 2 N–H and O–H groups in total. The number of halogens is 4. The second-order valence-corrected chi connectivity index (χ2v) is 5.03. The van der Waals surface area contributed by atoms with E-state index in [0.717, 1.165) is 7.11 Å². The van der Waals surface area contributed by atoms with Crippen LogP contribution in [-0.2, 0) is 9.59 Å². The number of carbonyl (C=O) groups excluding carboxylic acids is 1. The van der Waals surface area contributed by atoms with Crippen LogP contribution in [0.15, 0.2) is 46.3 Å². The Morgan fingerprint density at radius 2 is 1.46 bits per heavy atom. The normalized spacial score (nSPS) is 12.0. The van der Waals surface area contributed by atoms with Crippen LogP contribution in [-0.4, -0.2) is 29.1 Å². The molecular formula is C17H10F4N2O5. The Morgan fingerprint density at radius 1 is 0.929 bits per heavy atom. The zero-order valence-corrected chi connectivity index (χ0v) is 13.9. The molecule has 0 heterocycles. The predicted octanol–water partition coefficient (Wildman–Crippen LogP) is 3.92. The Bertz CT molecular complexity index is 977. The monoisotopic (exact) mass is 398 g/mol. The quantitative estimate of drug-likeness (QED) is 0.192. The number of carboxylic acids is 1. The van der Waals surface area contributed by atoms with E-state index in [4.69, 9.17) is 5.11 Å². The molecule has 2 aromatic rings. The number of aliphatic hydroxyl groups is 1. The van der Waals surface area contributed by atoms with Crippen LogP contribution in [0.1, 0.15) is 5.56 Å². The number of azo groups is 1. The van der Waals surface area contributed by atoms with Crippen LogP contribution in [0.25, 0.3) is 5.76 Å². The third-order valence-electron chi connectivity index (χ3n) is 3.32. The predicted molar refractivity (Wildman–Crippen MR) is 86.0 cm³/mol. The molecular weight excluding hydrogens is 388 g/mol. The van der Waals surface area contributed by atoms with Crippen LogP contribution < -0.4 is 4.74 Å². The fourth-order valence-corrected chi connectivity index (χ4v) is 2.02. The van der Waals surface area contributed by atoms with Crippen molar-refractivity contribution in [3.05, 3.63) is 64.9 Å². The molecule has 0 saturated carbocycles. The summed E-state index contributed by atoms with van der Waals surface area (Å²) in [5, 5.41) is 25.5. The number of carbonyl (C=O) groups is 2. The molecule has 0 spiro atoms. The number of ketones is 1. The SMILES string of the molecule is COc1c(F)c(F)c(/C(O)=C(/N=Nc2ccccc2)C(=O)C(=O)O)c(F)c1F. The van der Waals surface area contributed by atoms with Crippen LogP contribution in [0.2, 0.25) is 0 Å². The van der Waals surface area contributed by atoms with Gasteiger partial charge in [0.2, 0.25) is 11.6 Å². The topological polar surface area (TPSA) is 109 Å². The van der Waals surface area contributed by atoms with Gasteiger partial charge in [0.25, 0.3) is 5.78 Å². The van der Waals surface area contributed by atoms with Crippen molar-refractivity contribution < 1.29 is 42.1 Å². The maximum atomic E-state index is 14.1. The summed E-state index contributed by atoms with van der Waals surface area (Å²) in [5.41, 5.74) is -3.11. The summed E-state index contributed by atoms with van der Waals surface area (Å²) in [4.78, 5) is 22.7. The molecule has 2 aromatic carbocycles. The lowest BCUT2D eigenvalue weighted by Gasteiger charge is -2.11. The zero-order valence-electron chi connectivity index (χ0n) is 13.9. The van der Waals surface area contributed by atoms with Crippen molar-refractivity contribution in [3.63, 3.8) is 0 Å². The highest BCUT2D eigenvalue weighted by molar-refractivity contribution is 6.40. The number of Topliss-reactive ketones (excluding diaryl/α,β-unsaturated/α-hetero) is 1. The summed E-state index contributed by atoms with van der Waals surface area (Å²) in [5.74, 6) is -15.5. The van der Waals surface area contributed by atoms with E-state index >= 15 is 0 Å². The maximum absolute atomic E-state index is 14.1. The van der Waals surface area contributed by atoms with Gasteiger partial charge in [0.15, 0.2) is 28.8 Å². The van der Waals surface area contributed by atoms with Crippen molar-refractivity contribution >= 4 is 23.2 Å². The summed E-state index contributed by atoms with van der Waals surface area (Å²) in [6.45, 7) is 0. The van der Waals surface area contributed by atoms with Crippen LogP contribution in [0, 0.1) is 23.3 Å². The van der Waals surface area contributed by atoms with Gasteiger partial charge in [0, 0.05) is 0 Å². The molecule has 0 aliphatic carbocycles. The van der Waals surface area contributed by atoms with Crippen LogP contribution in [0.4, 0.5) is 23.2 Å². The minimum atomic E-state index is -2.16. The molecule has 11 heteroatoms. The summed E-state index contributed by atoms with van der Waals surface area (Å²) in [7, 11) is 0.739. The number of rotatable bonds is 6. The zero-order chi connectivity index (χ0) is 21.0. The van der Waals surface area contributed by atoms with Gasteiger partial charge in [-0.1, -0.05) is 18.2 Å². The Morgan fingerprint density at radius 3 is 1.93 bits per heavy atom. The molecule has 0 fully saturated rings. The number of aliphatic carboxylic acids is 1. The fraction of sp³-hybridized carbons (Fsp3) is 0.0588. The first-order chi connectivity index (χ1) is 13.2. The molecule has 0 bridgehead atoms.